The highest BCUT2D eigenvalue weighted by molar-refractivity contribution is 6.31. The van der Waals surface area contributed by atoms with Crippen LogP contribution in [0.25, 0.3) is 10.9 Å². The summed E-state index contributed by atoms with van der Waals surface area (Å²) in [7, 11) is 0. The van der Waals surface area contributed by atoms with Crippen LogP contribution in [0.15, 0.2) is 42.5 Å². The molecule has 168 valence electrons. The molecule has 0 spiro atoms. The highest BCUT2D eigenvalue weighted by Gasteiger charge is 2.35. The molecule has 1 N–H and O–H groups in total. The van der Waals surface area contributed by atoms with Crippen molar-refractivity contribution < 1.29 is 23.7 Å². The minimum Gasteiger partial charge on any atom is -0.488 e. The second-order valence-electron chi connectivity index (χ2n) is 7.80. The van der Waals surface area contributed by atoms with Gasteiger partial charge >= 0.3 is 6.09 Å². The molecule has 0 radical (unpaired) electrons. The van der Waals surface area contributed by atoms with Crippen molar-refractivity contribution >= 4 is 28.6 Å². The van der Waals surface area contributed by atoms with Gasteiger partial charge in [-0.15, -0.1) is 0 Å². The van der Waals surface area contributed by atoms with Crippen molar-refractivity contribution in [2.24, 2.45) is 0 Å². The van der Waals surface area contributed by atoms with Crippen molar-refractivity contribution in [3.05, 3.63) is 64.3 Å². The third-order valence-electron chi connectivity index (χ3n) is 5.86. The Balaban J connectivity index is 1.47. The van der Waals surface area contributed by atoms with E-state index in [-0.39, 0.29) is 18.4 Å². The fourth-order valence-corrected chi connectivity index (χ4v) is 4.60. The number of benzene rings is 2. The van der Waals surface area contributed by atoms with Gasteiger partial charge in [0, 0.05) is 28.2 Å². The number of rotatable bonds is 5. The number of aromatic amines is 1. The SMILES string of the molecule is CCOC(=O)N1CCc2c([nH]c3ccc(Cl)cc23)C1c1ccc(OCC2OCCO2)cc1. The lowest BCUT2D eigenvalue weighted by atomic mass is 9.92. The maximum Gasteiger partial charge on any atom is 0.410 e. The quantitative estimate of drug-likeness (QED) is 0.603. The Hall–Kier alpha value is -2.74. The molecular formula is C24H25ClN2O5. The lowest BCUT2D eigenvalue weighted by Crippen LogP contribution is -2.40. The number of aromatic nitrogens is 1. The van der Waals surface area contributed by atoms with Gasteiger partial charge in [0.25, 0.3) is 0 Å². The van der Waals surface area contributed by atoms with Crippen molar-refractivity contribution in [3.8, 4) is 5.75 Å². The molecule has 1 saturated heterocycles. The van der Waals surface area contributed by atoms with Crippen molar-refractivity contribution in [3.63, 3.8) is 0 Å². The van der Waals surface area contributed by atoms with Crippen molar-refractivity contribution in [2.45, 2.75) is 25.7 Å². The molecule has 1 amide bonds. The number of H-pyrrole nitrogens is 1. The number of carbonyl (C=O) groups is 1. The van der Waals surface area contributed by atoms with E-state index in [4.69, 9.17) is 30.5 Å². The topological polar surface area (TPSA) is 73.0 Å². The summed E-state index contributed by atoms with van der Waals surface area (Å²) < 4.78 is 22.0. The second-order valence-corrected chi connectivity index (χ2v) is 8.24. The molecule has 0 bridgehead atoms. The van der Waals surface area contributed by atoms with Gasteiger partial charge in [-0.1, -0.05) is 23.7 Å². The molecule has 3 aromatic rings. The highest BCUT2D eigenvalue weighted by Crippen LogP contribution is 2.39. The maximum absolute atomic E-state index is 12.8. The van der Waals surface area contributed by atoms with Gasteiger partial charge in [-0.3, -0.25) is 4.90 Å². The van der Waals surface area contributed by atoms with Gasteiger partial charge < -0.3 is 23.9 Å². The zero-order chi connectivity index (χ0) is 22.1. The van der Waals surface area contributed by atoms with Gasteiger partial charge in [-0.25, -0.2) is 4.79 Å². The molecule has 0 aliphatic carbocycles. The van der Waals surface area contributed by atoms with Crippen LogP contribution in [0.4, 0.5) is 4.79 Å². The van der Waals surface area contributed by atoms with E-state index >= 15 is 0 Å². The molecule has 1 unspecified atom stereocenters. The third kappa shape index (κ3) is 4.03. The molecular weight excluding hydrogens is 432 g/mol. The third-order valence-corrected chi connectivity index (χ3v) is 6.10. The van der Waals surface area contributed by atoms with Crippen LogP contribution in [0.1, 0.15) is 29.8 Å². The fourth-order valence-electron chi connectivity index (χ4n) is 4.42. The number of fused-ring (bicyclic) bond motifs is 3. The van der Waals surface area contributed by atoms with Gasteiger partial charge in [0.1, 0.15) is 18.4 Å². The van der Waals surface area contributed by atoms with Crippen LogP contribution >= 0.6 is 11.6 Å². The number of nitrogens with zero attached hydrogens (tertiary/aromatic N) is 1. The summed E-state index contributed by atoms with van der Waals surface area (Å²) in [6, 6.07) is 13.3. The first-order valence-electron chi connectivity index (χ1n) is 10.8. The first kappa shape index (κ1) is 21.1. The Labute approximate surface area is 191 Å². The molecule has 1 aromatic heterocycles. The number of amides is 1. The predicted octanol–water partition coefficient (Wildman–Crippen LogP) is 4.68. The molecule has 7 nitrogen and oxygen atoms in total. The molecule has 8 heteroatoms. The normalized spacial score (nSPS) is 18.7. The number of carbonyl (C=O) groups excluding carboxylic acids is 1. The van der Waals surface area contributed by atoms with E-state index in [0.717, 1.165) is 34.3 Å². The van der Waals surface area contributed by atoms with Crippen LogP contribution in [0.3, 0.4) is 0 Å². The van der Waals surface area contributed by atoms with E-state index in [1.54, 1.807) is 4.90 Å². The molecule has 2 aliphatic heterocycles. The van der Waals surface area contributed by atoms with Gasteiger partial charge in [0.05, 0.1) is 19.8 Å². The Kier molecular flexibility index (Phi) is 5.95. The van der Waals surface area contributed by atoms with E-state index in [0.29, 0.717) is 38.0 Å². The fraction of sp³-hybridized carbons (Fsp3) is 0.375. The standard InChI is InChI=1S/C24H25ClN2O5/c1-2-29-24(28)27-10-9-18-19-13-16(25)5-8-20(19)26-22(18)23(27)15-3-6-17(7-4-15)32-14-21-30-11-12-31-21/h3-8,13,21,23,26H,2,9-12,14H2,1H3. The lowest BCUT2D eigenvalue weighted by Gasteiger charge is -2.35. The van der Waals surface area contributed by atoms with Gasteiger partial charge in [0.15, 0.2) is 6.29 Å². The van der Waals surface area contributed by atoms with Crippen LogP contribution in [0, 0.1) is 0 Å². The summed E-state index contributed by atoms with van der Waals surface area (Å²) in [6.07, 6.45) is 0.0804. The van der Waals surface area contributed by atoms with Crippen LogP contribution in [0.2, 0.25) is 5.02 Å². The zero-order valence-electron chi connectivity index (χ0n) is 17.8. The number of ether oxygens (including phenoxy) is 4. The number of hydrogen-bond acceptors (Lipinski definition) is 5. The average Bonchev–Trinajstić information content (AvgIpc) is 3.45. The Morgan fingerprint density at radius 3 is 2.72 bits per heavy atom. The molecule has 2 aromatic carbocycles. The van der Waals surface area contributed by atoms with Crippen molar-refractivity contribution in [1.82, 2.24) is 9.88 Å². The minimum atomic E-state index is -0.326. The largest absolute Gasteiger partial charge is 0.488 e. The van der Waals surface area contributed by atoms with Gasteiger partial charge in [-0.05, 0) is 54.8 Å². The Morgan fingerprint density at radius 2 is 1.97 bits per heavy atom. The first-order chi connectivity index (χ1) is 15.6. The highest BCUT2D eigenvalue weighted by atomic mass is 35.5. The second kappa shape index (κ2) is 9.02. The minimum absolute atomic E-state index is 0.292. The summed E-state index contributed by atoms with van der Waals surface area (Å²) in [6.45, 7) is 4.23. The van der Waals surface area contributed by atoms with Crippen molar-refractivity contribution in [1.29, 1.82) is 0 Å². The number of halogens is 1. The number of hydrogen-bond donors (Lipinski definition) is 1. The summed E-state index contributed by atoms with van der Waals surface area (Å²) in [5, 5.41) is 1.79. The van der Waals surface area contributed by atoms with Gasteiger partial charge in [0.2, 0.25) is 0 Å². The maximum atomic E-state index is 12.8. The van der Waals surface area contributed by atoms with E-state index in [2.05, 4.69) is 4.98 Å². The van der Waals surface area contributed by atoms with Crippen LogP contribution in [0.5, 0.6) is 5.75 Å². The van der Waals surface area contributed by atoms with Crippen molar-refractivity contribution in [2.75, 3.05) is 33.0 Å². The monoisotopic (exact) mass is 456 g/mol. The Morgan fingerprint density at radius 1 is 1.19 bits per heavy atom. The predicted molar refractivity (Wildman–Crippen MR) is 120 cm³/mol. The summed E-state index contributed by atoms with van der Waals surface area (Å²) in [5.74, 6) is 0.718. The van der Waals surface area contributed by atoms with E-state index < -0.39 is 0 Å². The Bertz CT molecular complexity index is 1110. The van der Waals surface area contributed by atoms with Gasteiger partial charge in [-0.2, -0.15) is 0 Å². The molecule has 0 saturated carbocycles. The molecule has 2 aliphatic rings. The molecule has 32 heavy (non-hydrogen) atoms. The molecule has 5 rings (SSSR count). The molecule has 3 heterocycles. The first-order valence-corrected chi connectivity index (χ1v) is 11.2. The summed E-state index contributed by atoms with van der Waals surface area (Å²) in [5.41, 5.74) is 4.15. The van der Waals surface area contributed by atoms with Crippen LogP contribution < -0.4 is 4.74 Å². The smallest absolute Gasteiger partial charge is 0.410 e. The molecule has 1 fully saturated rings. The average molecular weight is 457 g/mol. The summed E-state index contributed by atoms with van der Waals surface area (Å²) >= 11 is 6.26. The lowest BCUT2D eigenvalue weighted by molar-refractivity contribution is -0.0684. The van der Waals surface area contributed by atoms with Crippen LogP contribution in [-0.4, -0.2) is 55.2 Å². The summed E-state index contributed by atoms with van der Waals surface area (Å²) in [4.78, 5) is 18.1. The van der Waals surface area contributed by atoms with E-state index in [1.807, 2.05) is 49.4 Å². The molecule has 1 atom stereocenters. The van der Waals surface area contributed by atoms with Crippen LogP contribution in [-0.2, 0) is 20.6 Å². The zero-order valence-corrected chi connectivity index (χ0v) is 18.6. The van der Waals surface area contributed by atoms with E-state index in [1.165, 1.54) is 5.56 Å². The number of nitrogens with one attached hydrogen (secondary N) is 1. The van der Waals surface area contributed by atoms with E-state index in [9.17, 15) is 4.79 Å².